The van der Waals surface area contributed by atoms with Crippen molar-refractivity contribution in [2.24, 2.45) is 0 Å². The molecule has 0 saturated heterocycles. The second kappa shape index (κ2) is 7.69. The summed E-state index contributed by atoms with van der Waals surface area (Å²) in [4.78, 5) is 0. The Balaban J connectivity index is 3.73. The average Bonchev–Trinajstić information content (AvgIpc) is 1.81. The Labute approximate surface area is 117 Å². The highest BCUT2D eigenvalue weighted by Gasteiger charge is 2.19. The summed E-state index contributed by atoms with van der Waals surface area (Å²) in [6, 6.07) is 0. The Bertz CT molecular complexity index is 82.6. The highest BCUT2D eigenvalue weighted by Crippen LogP contribution is 2.19. The van der Waals surface area contributed by atoms with E-state index in [0.29, 0.717) is 0 Å². The molecule has 0 saturated carbocycles. The third-order valence-corrected chi connectivity index (χ3v) is 20.2. The van der Waals surface area contributed by atoms with Crippen LogP contribution in [-0.4, -0.2) is 18.7 Å². The van der Waals surface area contributed by atoms with Crippen LogP contribution in [0, 0.1) is 0 Å². The molecule has 62 valence electrons. The number of hydrogen-bond donors (Lipinski definition) is 0. The van der Waals surface area contributed by atoms with Crippen molar-refractivity contribution in [3.8, 4) is 0 Å². The van der Waals surface area contributed by atoms with Crippen molar-refractivity contribution in [1.29, 1.82) is 0 Å². The van der Waals surface area contributed by atoms with Crippen LogP contribution in [0.1, 0.15) is 13.3 Å². The van der Waals surface area contributed by atoms with Crippen molar-refractivity contribution >= 4 is 95.1 Å². The second-order valence-corrected chi connectivity index (χ2v) is 33.3. The van der Waals surface area contributed by atoms with Gasteiger partial charge in [0.05, 0.1) is 0 Å². The summed E-state index contributed by atoms with van der Waals surface area (Å²) in [6.07, 6.45) is 1.31. The van der Waals surface area contributed by atoms with Crippen molar-refractivity contribution in [1.82, 2.24) is 4.23 Å². The first-order valence-electron chi connectivity index (χ1n) is 2.91. The Hall–Kier alpha value is 3.31. The number of rotatable bonds is 4. The maximum absolute atomic E-state index is 2.74. The molecule has 0 bridgehead atoms. The van der Waals surface area contributed by atoms with E-state index in [2.05, 4.69) is 98.3 Å². The number of nitrogens with zero attached hydrogens (tertiary/aromatic N) is 1. The minimum atomic E-state index is -0.541. The molecule has 0 atom stereocenters. The van der Waals surface area contributed by atoms with E-state index in [4.69, 9.17) is 0 Å². The van der Waals surface area contributed by atoms with Crippen LogP contribution < -0.4 is 0 Å². The van der Waals surface area contributed by atoms with Gasteiger partial charge in [0.25, 0.3) is 0 Å². The lowest BCUT2D eigenvalue weighted by Gasteiger charge is -2.23. The molecule has 0 aliphatic heterocycles. The Kier molecular flexibility index (Phi) is 10.2. The molecule has 0 rings (SSSR count). The van der Waals surface area contributed by atoms with Gasteiger partial charge in [0.2, 0.25) is 7.90 Å². The first-order valence-corrected chi connectivity index (χ1v) is 20.6. The van der Waals surface area contributed by atoms with Crippen LogP contribution in [0.25, 0.3) is 0 Å². The molecule has 1 nitrogen and oxygen atoms in total. The molecule has 0 aromatic carbocycles. The summed E-state index contributed by atoms with van der Waals surface area (Å²) in [5.74, 6) is 0. The predicted molar refractivity (Wildman–Crippen MR) is 87.4 cm³/mol. The van der Waals surface area contributed by atoms with E-state index < -0.39 is 7.90 Å². The molecule has 0 aromatic heterocycles. The highest BCUT2D eigenvalue weighted by molar-refractivity contribution is 14.3. The molecule has 0 radical (unpaired) electrons. The van der Waals surface area contributed by atoms with E-state index >= 15 is 0 Å². The summed E-state index contributed by atoms with van der Waals surface area (Å²) in [6.45, 7) is 3.59. The van der Waals surface area contributed by atoms with E-state index in [0.717, 1.165) is 0 Å². The van der Waals surface area contributed by atoms with Gasteiger partial charge in [0.1, 0.15) is 0 Å². The van der Waals surface area contributed by atoms with Crippen LogP contribution in [0.3, 0.4) is 0 Å². The number of hydrogen-bond acceptors (Lipinski definition) is 1. The van der Waals surface area contributed by atoms with Gasteiger partial charge in [0.15, 0.2) is 0 Å². The fourth-order valence-corrected chi connectivity index (χ4v) is 39.2. The maximum atomic E-state index is 2.74. The second-order valence-electron chi connectivity index (χ2n) is 1.79. The van der Waals surface area contributed by atoms with Crippen LogP contribution in [0.2, 0.25) is 0 Å². The fourth-order valence-electron chi connectivity index (χ4n) is 0.539. The molecular formula is C3H9I4NSi2. The van der Waals surface area contributed by atoms with Gasteiger partial charge in [0, 0.05) is 0 Å². The van der Waals surface area contributed by atoms with Crippen LogP contribution in [0.4, 0.5) is 0 Å². The summed E-state index contributed by atoms with van der Waals surface area (Å²) in [5, 5.41) is 0. The number of halogens is 4. The Morgan fingerprint density at radius 3 is 1.60 bits per heavy atom. The lowest BCUT2D eigenvalue weighted by molar-refractivity contribution is 0.670. The quantitative estimate of drug-likeness (QED) is 0.265. The van der Waals surface area contributed by atoms with Crippen molar-refractivity contribution in [2.45, 2.75) is 13.3 Å². The largest absolute Gasteiger partial charge is 0.319 e. The summed E-state index contributed by atoms with van der Waals surface area (Å²) in [5.41, 5.74) is 0. The van der Waals surface area contributed by atoms with Gasteiger partial charge in [-0.15, -0.1) is 0 Å². The molecule has 0 amide bonds. The third-order valence-electron chi connectivity index (χ3n) is 0.983. The van der Waals surface area contributed by atoms with Crippen molar-refractivity contribution < 1.29 is 0 Å². The smallest absolute Gasteiger partial charge is 0.242 e. The van der Waals surface area contributed by atoms with Gasteiger partial charge in [-0.3, -0.25) is 0 Å². The monoisotopic (exact) mass is 623 g/mol. The zero-order valence-electron chi connectivity index (χ0n) is 5.53. The minimum Gasteiger partial charge on any atom is -0.319 e. The van der Waals surface area contributed by atoms with Gasteiger partial charge in [-0.05, 0) is 13.0 Å². The lowest BCUT2D eigenvalue weighted by atomic mass is 10.5. The fraction of sp³-hybridized carbons (Fsp3) is 1.00. The molecule has 0 heterocycles. The van der Waals surface area contributed by atoms with Crippen molar-refractivity contribution in [3.63, 3.8) is 0 Å². The van der Waals surface area contributed by atoms with E-state index in [1.54, 1.807) is 0 Å². The van der Waals surface area contributed by atoms with E-state index in [1.165, 1.54) is 13.0 Å². The van der Waals surface area contributed by atoms with E-state index in [-0.39, 0.29) is 0 Å². The van der Waals surface area contributed by atoms with E-state index in [9.17, 15) is 0 Å². The molecule has 0 spiro atoms. The SMILES string of the molecule is CCCN([SiH](I)I)[SiH](I)I. The molecule has 0 aliphatic carbocycles. The summed E-state index contributed by atoms with van der Waals surface area (Å²) >= 11 is 10.5. The summed E-state index contributed by atoms with van der Waals surface area (Å²) in [7, 11) is 0. The van der Waals surface area contributed by atoms with E-state index in [1.807, 2.05) is 0 Å². The normalized spacial score (nSPS) is 12.0. The lowest BCUT2D eigenvalue weighted by Crippen LogP contribution is -2.37. The highest BCUT2D eigenvalue weighted by atomic mass is 127. The molecular weight excluding hydrogens is 614 g/mol. The van der Waals surface area contributed by atoms with Gasteiger partial charge in [-0.2, -0.15) is 0 Å². The van der Waals surface area contributed by atoms with Crippen molar-refractivity contribution in [2.75, 3.05) is 6.54 Å². The molecule has 0 aliphatic rings. The van der Waals surface area contributed by atoms with Gasteiger partial charge >= 0.3 is 0 Å². The summed E-state index contributed by atoms with van der Waals surface area (Å²) < 4.78 is 1.66. The molecule has 0 aromatic rings. The zero-order valence-corrected chi connectivity index (χ0v) is 16.5. The van der Waals surface area contributed by atoms with Crippen LogP contribution >= 0.6 is 87.2 Å². The molecule has 0 unspecified atom stereocenters. The van der Waals surface area contributed by atoms with Crippen LogP contribution in [0.15, 0.2) is 0 Å². The standard InChI is InChI=1S/C3H9I4NSi2/c1-2-3-8(9(4)5)10(6)7/h9-10H,2-3H2,1H3. The minimum absolute atomic E-state index is 0.541. The maximum Gasteiger partial charge on any atom is 0.242 e. The molecule has 0 fully saturated rings. The molecule has 7 heteroatoms. The van der Waals surface area contributed by atoms with Crippen molar-refractivity contribution in [3.05, 3.63) is 0 Å². The van der Waals surface area contributed by atoms with Gasteiger partial charge in [-0.25, -0.2) is 0 Å². The first-order chi connectivity index (χ1) is 4.59. The van der Waals surface area contributed by atoms with Gasteiger partial charge < -0.3 is 4.23 Å². The van der Waals surface area contributed by atoms with Gasteiger partial charge in [-0.1, -0.05) is 94.1 Å². The zero-order chi connectivity index (χ0) is 8.15. The topological polar surface area (TPSA) is 3.24 Å². The molecule has 0 N–H and O–H groups in total. The van der Waals surface area contributed by atoms with Crippen LogP contribution in [-0.2, 0) is 0 Å². The van der Waals surface area contributed by atoms with Crippen LogP contribution in [0.5, 0.6) is 0 Å². The Morgan fingerprint density at radius 1 is 1.10 bits per heavy atom. The predicted octanol–water partition coefficient (Wildman–Crippen LogP) is 2.87. The average molecular weight is 623 g/mol. The first kappa shape index (κ1) is 13.3. The Morgan fingerprint density at radius 2 is 1.50 bits per heavy atom. The third kappa shape index (κ3) is 5.87. The molecule has 10 heavy (non-hydrogen) atoms.